The van der Waals surface area contributed by atoms with E-state index in [1.54, 1.807) is 23.0 Å². The van der Waals surface area contributed by atoms with Crippen LogP contribution in [0.2, 0.25) is 5.02 Å². The minimum atomic E-state index is -4.12. The number of carbonyl (C=O) groups excluding carboxylic acids is 1. The third-order valence-corrected chi connectivity index (χ3v) is 6.74. The van der Waals surface area contributed by atoms with Gasteiger partial charge in [0.15, 0.2) is 5.03 Å². The molecule has 11 heteroatoms. The average molecular weight is 493 g/mol. The minimum absolute atomic E-state index is 0. The first kappa shape index (κ1) is 27.1. The Balaban J connectivity index is 0.00000272. The molecule has 1 fully saturated rings. The quantitative estimate of drug-likeness (QED) is 0.598. The fourth-order valence-corrected chi connectivity index (χ4v) is 4.71. The third-order valence-electron chi connectivity index (χ3n) is 5.30. The van der Waals surface area contributed by atoms with Crippen molar-refractivity contribution < 1.29 is 48.9 Å². The van der Waals surface area contributed by atoms with E-state index in [2.05, 4.69) is 15.1 Å². The van der Waals surface area contributed by atoms with Crippen molar-refractivity contribution in [2.24, 2.45) is 0 Å². The summed E-state index contributed by atoms with van der Waals surface area (Å²) in [4.78, 5) is 12.7. The maximum atomic E-state index is 12.7. The number of rotatable bonds is 6. The molecule has 1 aliphatic heterocycles. The molecule has 172 valence electrons. The van der Waals surface area contributed by atoms with Gasteiger partial charge in [0.25, 0.3) is 10.0 Å². The number of benzene rings is 1. The molecule has 1 aliphatic rings. The van der Waals surface area contributed by atoms with E-state index in [1.807, 2.05) is 27.7 Å². The molecule has 3 rings (SSSR count). The van der Waals surface area contributed by atoms with Crippen molar-refractivity contribution in [3.63, 3.8) is 0 Å². The number of amides is 2. The molecule has 1 aromatic carbocycles. The SMILES string of the molecule is CC(C)c1cc(Cl)cc(C(C)C)c1NC(=O)NS(=O)(=O)c1ccn(C2CCOCC2)n1.[H-].[Na+]. The molecule has 2 aromatic rings. The molecule has 0 unspecified atom stereocenters. The van der Waals surface area contributed by atoms with E-state index in [4.69, 9.17) is 16.3 Å². The zero-order valence-electron chi connectivity index (χ0n) is 20.2. The van der Waals surface area contributed by atoms with Crippen molar-refractivity contribution in [2.45, 2.75) is 63.4 Å². The van der Waals surface area contributed by atoms with Crippen LogP contribution in [0, 0.1) is 0 Å². The summed E-state index contributed by atoms with van der Waals surface area (Å²) in [6, 6.07) is 4.22. The third kappa shape index (κ3) is 6.48. The number of nitrogens with one attached hydrogen (secondary N) is 2. The molecule has 0 aliphatic carbocycles. The van der Waals surface area contributed by atoms with Crippen molar-refractivity contribution in [1.82, 2.24) is 14.5 Å². The Hall–Kier alpha value is -1.10. The summed E-state index contributed by atoms with van der Waals surface area (Å²) in [5, 5.41) is 7.29. The van der Waals surface area contributed by atoms with Crippen molar-refractivity contribution in [2.75, 3.05) is 18.5 Å². The molecule has 2 heterocycles. The molecule has 0 bridgehead atoms. The number of ether oxygens (including phenoxy) is 1. The predicted molar refractivity (Wildman–Crippen MR) is 121 cm³/mol. The van der Waals surface area contributed by atoms with Crippen LogP contribution < -0.4 is 39.6 Å². The topological polar surface area (TPSA) is 102 Å². The number of anilines is 1. The molecule has 0 saturated carbocycles. The molecule has 1 saturated heterocycles. The Morgan fingerprint density at radius 3 is 2.28 bits per heavy atom. The van der Waals surface area contributed by atoms with E-state index < -0.39 is 16.1 Å². The fourth-order valence-electron chi connectivity index (χ4n) is 3.64. The zero-order valence-corrected chi connectivity index (χ0v) is 22.8. The van der Waals surface area contributed by atoms with Gasteiger partial charge in [-0.3, -0.25) is 4.68 Å². The standard InChI is InChI=1S/C21H29ClN4O4S.Na.H/c1-13(2)17-11-15(22)12-18(14(3)4)20(17)23-21(27)25-31(28,29)19-5-8-26(24-19)16-6-9-30-10-7-16;;/h5,8,11-14,16H,6-7,9-10H2,1-4H3,(H2,23,25,27);;/q;+1;-1. The van der Waals surface area contributed by atoms with Gasteiger partial charge in [0, 0.05) is 30.1 Å². The molecule has 8 nitrogen and oxygen atoms in total. The summed E-state index contributed by atoms with van der Waals surface area (Å²) in [7, 11) is -4.12. The van der Waals surface area contributed by atoms with Crippen LogP contribution in [-0.2, 0) is 14.8 Å². The van der Waals surface area contributed by atoms with E-state index in [9.17, 15) is 13.2 Å². The fraction of sp³-hybridized carbons (Fsp3) is 0.524. The van der Waals surface area contributed by atoms with Crippen LogP contribution in [0.4, 0.5) is 10.5 Å². The summed E-state index contributed by atoms with van der Waals surface area (Å²) < 4.78 is 34.5. The second-order valence-electron chi connectivity index (χ2n) is 8.31. The van der Waals surface area contributed by atoms with Crippen molar-refractivity contribution in [3.05, 3.63) is 40.5 Å². The molecular formula is C21H30ClN4NaO4S. The van der Waals surface area contributed by atoms with Gasteiger partial charge in [0.05, 0.1) is 6.04 Å². The molecule has 2 N–H and O–H groups in total. The van der Waals surface area contributed by atoms with Gasteiger partial charge in [-0.05, 0) is 54.0 Å². The maximum Gasteiger partial charge on any atom is 1.00 e. The van der Waals surface area contributed by atoms with Gasteiger partial charge < -0.3 is 11.5 Å². The first-order valence-corrected chi connectivity index (χ1v) is 12.2. The number of nitrogens with zero attached hydrogens (tertiary/aromatic N) is 2. The smallest absolute Gasteiger partial charge is 1.00 e. The van der Waals surface area contributed by atoms with E-state index >= 15 is 0 Å². The molecular weight excluding hydrogens is 463 g/mol. The second-order valence-corrected chi connectivity index (χ2v) is 10.4. The molecule has 2 amide bonds. The summed E-state index contributed by atoms with van der Waals surface area (Å²) >= 11 is 6.26. The second kappa shape index (κ2) is 11.4. The minimum Gasteiger partial charge on any atom is -1.00 e. The van der Waals surface area contributed by atoms with Crippen LogP contribution in [0.3, 0.4) is 0 Å². The number of hydrogen-bond acceptors (Lipinski definition) is 5. The molecule has 32 heavy (non-hydrogen) atoms. The Bertz CT molecular complexity index is 1030. The number of carbonyl (C=O) groups is 1. The predicted octanol–water partition coefficient (Wildman–Crippen LogP) is 1.76. The van der Waals surface area contributed by atoms with Gasteiger partial charge in [-0.15, -0.1) is 0 Å². The van der Waals surface area contributed by atoms with Gasteiger partial charge >= 0.3 is 35.6 Å². The first-order valence-electron chi connectivity index (χ1n) is 10.4. The zero-order chi connectivity index (χ0) is 22.8. The van der Waals surface area contributed by atoms with Crippen molar-refractivity contribution in [1.29, 1.82) is 0 Å². The van der Waals surface area contributed by atoms with E-state index in [0.717, 1.165) is 24.0 Å². The Morgan fingerprint density at radius 2 is 1.75 bits per heavy atom. The monoisotopic (exact) mass is 492 g/mol. The van der Waals surface area contributed by atoms with Gasteiger partial charge in [-0.2, -0.15) is 13.5 Å². The number of sulfonamides is 1. The van der Waals surface area contributed by atoms with E-state index in [-0.39, 0.29) is 53.9 Å². The molecule has 0 spiro atoms. The summed E-state index contributed by atoms with van der Waals surface area (Å²) in [6.45, 7) is 9.17. The number of aromatic nitrogens is 2. The Labute approximate surface area is 218 Å². The number of halogens is 1. The average Bonchev–Trinajstić information content (AvgIpc) is 3.20. The normalized spacial score (nSPS) is 15.0. The molecule has 1 aromatic heterocycles. The van der Waals surface area contributed by atoms with Crippen molar-refractivity contribution >= 4 is 33.3 Å². The van der Waals surface area contributed by atoms with Gasteiger partial charge in [0.1, 0.15) is 0 Å². The van der Waals surface area contributed by atoms with Crippen LogP contribution in [0.5, 0.6) is 0 Å². The first-order chi connectivity index (χ1) is 14.6. The Kier molecular flexibility index (Phi) is 9.63. The summed E-state index contributed by atoms with van der Waals surface area (Å²) in [5.41, 5.74) is 2.26. The van der Waals surface area contributed by atoms with Gasteiger partial charge in [0.2, 0.25) is 0 Å². The number of hydrogen-bond donors (Lipinski definition) is 2. The molecule has 0 radical (unpaired) electrons. The van der Waals surface area contributed by atoms with Crippen LogP contribution in [-0.4, -0.2) is 37.4 Å². The largest absolute Gasteiger partial charge is 1.00 e. The van der Waals surface area contributed by atoms with Crippen LogP contribution in [0.15, 0.2) is 29.4 Å². The van der Waals surface area contributed by atoms with Crippen LogP contribution >= 0.6 is 11.6 Å². The van der Waals surface area contributed by atoms with Gasteiger partial charge in [-0.25, -0.2) is 9.52 Å². The van der Waals surface area contributed by atoms with Gasteiger partial charge in [-0.1, -0.05) is 39.3 Å². The van der Waals surface area contributed by atoms with Crippen LogP contribution in [0.25, 0.3) is 0 Å². The molecule has 0 atom stereocenters. The maximum absolute atomic E-state index is 12.7. The van der Waals surface area contributed by atoms with E-state index in [0.29, 0.717) is 23.9 Å². The summed E-state index contributed by atoms with van der Waals surface area (Å²) in [6.07, 6.45) is 3.15. The van der Waals surface area contributed by atoms with E-state index in [1.165, 1.54) is 6.07 Å². The number of urea groups is 1. The summed E-state index contributed by atoms with van der Waals surface area (Å²) in [5.74, 6) is 0.163. The van der Waals surface area contributed by atoms with Crippen LogP contribution in [0.1, 0.15) is 71.0 Å². The Morgan fingerprint density at radius 1 is 1.19 bits per heavy atom. The van der Waals surface area contributed by atoms with Crippen molar-refractivity contribution in [3.8, 4) is 0 Å².